The molecule has 0 unspecified atom stereocenters. The Morgan fingerprint density at radius 3 is 2.43 bits per heavy atom. The number of aromatic nitrogens is 6. The molecule has 0 saturated heterocycles. The number of hydrogen-bond donors (Lipinski definition) is 1. The van der Waals surface area contributed by atoms with Gasteiger partial charge in [-0.3, -0.25) is 0 Å². The molecule has 1 aliphatic rings. The van der Waals surface area contributed by atoms with Gasteiger partial charge in [0.05, 0.1) is 31.2 Å². The topological polar surface area (TPSA) is 147 Å². The first-order valence-electron chi connectivity index (χ1n) is 12.0. The summed E-state index contributed by atoms with van der Waals surface area (Å²) in [5.41, 5.74) is 8.75. The lowest BCUT2D eigenvalue weighted by Gasteiger charge is -2.29. The van der Waals surface area contributed by atoms with Gasteiger partial charge in [0.2, 0.25) is 0 Å². The molecule has 11 nitrogen and oxygen atoms in total. The summed E-state index contributed by atoms with van der Waals surface area (Å²) in [4.78, 5) is 19.3. The molecule has 4 heterocycles. The molecule has 4 aromatic rings. The van der Waals surface area contributed by atoms with E-state index < -0.39 is 9.84 Å². The Morgan fingerprint density at radius 2 is 1.81 bits per heavy atom. The quantitative estimate of drug-likeness (QED) is 0.328. The van der Waals surface area contributed by atoms with Crippen LogP contribution in [0.25, 0.3) is 27.6 Å². The van der Waals surface area contributed by atoms with Crippen molar-refractivity contribution in [3.05, 3.63) is 35.4 Å². The standard InChI is InChI=1S/C24H29N7O4S2/c1-14-10-28-24(36-14)22-26-11-16(12-27-22)18-13-29-31-21(25)20(37(3,32)33)19(30-23(18)31)15-4-6-17(7-5-15)35-9-8-34-2/h10-13,15,17H,4-9,25H2,1-3H3. The second-order valence-corrected chi connectivity index (χ2v) is 12.4. The number of nitrogens with zero attached hydrogens (tertiary/aromatic N) is 6. The lowest BCUT2D eigenvalue weighted by molar-refractivity contribution is -0.00308. The molecule has 196 valence electrons. The van der Waals surface area contributed by atoms with Gasteiger partial charge >= 0.3 is 0 Å². The van der Waals surface area contributed by atoms with Crippen LogP contribution in [0.3, 0.4) is 0 Å². The van der Waals surface area contributed by atoms with Crippen LogP contribution in [0.15, 0.2) is 29.7 Å². The average Bonchev–Trinajstić information content (AvgIpc) is 3.50. The Balaban J connectivity index is 1.50. The monoisotopic (exact) mass is 543 g/mol. The van der Waals surface area contributed by atoms with Gasteiger partial charge < -0.3 is 15.2 Å². The van der Waals surface area contributed by atoms with Gasteiger partial charge in [0.25, 0.3) is 0 Å². The molecule has 1 fully saturated rings. The number of fused-ring (bicyclic) bond motifs is 1. The van der Waals surface area contributed by atoms with Gasteiger partial charge in [0, 0.05) is 53.9 Å². The Bertz CT molecular complexity index is 1510. The number of sulfone groups is 1. The van der Waals surface area contributed by atoms with Gasteiger partial charge in [-0.05, 0) is 32.6 Å². The molecule has 2 N–H and O–H groups in total. The maximum absolute atomic E-state index is 12.8. The van der Waals surface area contributed by atoms with E-state index in [9.17, 15) is 8.42 Å². The highest BCUT2D eigenvalue weighted by Gasteiger charge is 2.32. The van der Waals surface area contributed by atoms with Gasteiger partial charge in [-0.1, -0.05) is 0 Å². The molecule has 0 amide bonds. The summed E-state index contributed by atoms with van der Waals surface area (Å²) in [6.45, 7) is 3.07. The number of rotatable bonds is 8. The minimum Gasteiger partial charge on any atom is -0.382 e. The number of methoxy groups -OCH3 is 1. The van der Waals surface area contributed by atoms with E-state index in [1.54, 1.807) is 31.9 Å². The SMILES string of the molecule is COCCOC1CCC(c2nc3c(-c4cnc(-c5ncc(C)s5)nc4)cnn3c(N)c2S(C)(=O)=O)CC1. The first-order chi connectivity index (χ1) is 17.8. The normalized spacial score (nSPS) is 18.5. The van der Waals surface area contributed by atoms with Crippen molar-refractivity contribution in [2.75, 3.05) is 32.3 Å². The molecule has 1 saturated carbocycles. The van der Waals surface area contributed by atoms with Crippen LogP contribution in [0.2, 0.25) is 0 Å². The predicted octanol–water partition coefficient (Wildman–Crippen LogP) is 3.29. The van der Waals surface area contributed by atoms with Crippen LogP contribution in [-0.2, 0) is 19.3 Å². The van der Waals surface area contributed by atoms with E-state index in [1.807, 2.05) is 6.92 Å². The van der Waals surface area contributed by atoms with Crippen LogP contribution in [0.5, 0.6) is 0 Å². The number of aryl methyl sites for hydroxylation is 1. The van der Waals surface area contributed by atoms with E-state index >= 15 is 0 Å². The number of nitrogens with two attached hydrogens (primary N) is 1. The second kappa shape index (κ2) is 10.4. The van der Waals surface area contributed by atoms with Crippen LogP contribution >= 0.6 is 11.3 Å². The number of anilines is 1. The van der Waals surface area contributed by atoms with Crippen molar-refractivity contribution in [1.82, 2.24) is 29.5 Å². The van der Waals surface area contributed by atoms with Crippen molar-refractivity contribution in [3.63, 3.8) is 0 Å². The Labute approximate surface area is 219 Å². The number of thiazole rings is 1. The fourth-order valence-corrected chi connectivity index (χ4v) is 6.49. The molecular weight excluding hydrogens is 514 g/mol. The van der Waals surface area contributed by atoms with Crippen molar-refractivity contribution in [1.29, 1.82) is 0 Å². The molecular formula is C24H29N7O4S2. The summed E-state index contributed by atoms with van der Waals surface area (Å²) in [6.07, 6.45) is 11.2. The van der Waals surface area contributed by atoms with Crippen LogP contribution in [0.1, 0.15) is 42.2 Å². The second-order valence-electron chi connectivity index (χ2n) is 9.19. The van der Waals surface area contributed by atoms with E-state index in [4.69, 9.17) is 20.2 Å². The van der Waals surface area contributed by atoms with Crippen molar-refractivity contribution >= 4 is 32.6 Å². The van der Waals surface area contributed by atoms with Crippen LogP contribution < -0.4 is 5.73 Å². The third kappa shape index (κ3) is 5.21. The van der Waals surface area contributed by atoms with E-state index in [0.717, 1.165) is 41.8 Å². The summed E-state index contributed by atoms with van der Waals surface area (Å²) < 4.78 is 38.0. The van der Waals surface area contributed by atoms with Crippen molar-refractivity contribution in [2.45, 2.75) is 49.5 Å². The molecule has 0 aromatic carbocycles. The van der Waals surface area contributed by atoms with E-state index in [-0.39, 0.29) is 22.7 Å². The molecule has 5 rings (SSSR count). The highest BCUT2D eigenvalue weighted by molar-refractivity contribution is 7.91. The van der Waals surface area contributed by atoms with Gasteiger partial charge in [-0.2, -0.15) is 9.61 Å². The van der Waals surface area contributed by atoms with E-state index in [1.165, 1.54) is 15.9 Å². The zero-order valence-corrected chi connectivity index (χ0v) is 22.5. The molecule has 0 bridgehead atoms. The number of ether oxygens (including phenoxy) is 2. The molecule has 1 aliphatic carbocycles. The van der Waals surface area contributed by atoms with Crippen LogP contribution in [0.4, 0.5) is 5.82 Å². The minimum absolute atomic E-state index is 0.0455. The zero-order valence-electron chi connectivity index (χ0n) is 20.9. The Hall–Kier alpha value is -3.00. The third-order valence-electron chi connectivity index (χ3n) is 6.51. The molecule has 0 spiro atoms. The van der Waals surface area contributed by atoms with Crippen LogP contribution in [0, 0.1) is 6.92 Å². The molecule has 37 heavy (non-hydrogen) atoms. The molecule has 0 radical (unpaired) electrons. The fourth-order valence-electron chi connectivity index (χ4n) is 4.72. The largest absolute Gasteiger partial charge is 0.382 e. The van der Waals surface area contributed by atoms with Crippen molar-refractivity contribution in [3.8, 4) is 22.0 Å². The summed E-state index contributed by atoms with van der Waals surface area (Å²) in [6, 6.07) is 0. The third-order valence-corrected chi connectivity index (χ3v) is 8.58. The maximum Gasteiger partial charge on any atom is 0.188 e. The smallest absolute Gasteiger partial charge is 0.188 e. The lowest BCUT2D eigenvalue weighted by Crippen LogP contribution is -2.24. The first-order valence-corrected chi connectivity index (χ1v) is 14.7. The Kier molecular flexibility index (Phi) is 7.21. The number of hydrogen-bond acceptors (Lipinski definition) is 11. The summed E-state index contributed by atoms with van der Waals surface area (Å²) in [5, 5.41) is 5.10. The molecule has 0 aliphatic heterocycles. The predicted molar refractivity (Wildman–Crippen MR) is 140 cm³/mol. The van der Waals surface area contributed by atoms with Gasteiger partial charge in [-0.15, -0.1) is 11.3 Å². The van der Waals surface area contributed by atoms with Crippen molar-refractivity contribution in [2.24, 2.45) is 0 Å². The highest BCUT2D eigenvalue weighted by Crippen LogP contribution is 2.39. The van der Waals surface area contributed by atoms with Crippen LogP contribution in [-0.4, -0.2) is 70.7 Å². The zero-order chi connectivity index (χ0) is 26.2. The highest BCUT2D eigenvalue weighted by atomic mass is 32.2. The lowest BCUT2D eigenvalue weighted by atomic mass is 9.85. The minimum atomic E-state index is -3.65. The average molecular weight is 544 g/mol. The Morgan fingerprint density at radius 1 is 1.08 bits per heavy atom. The van der Waals surface area contributed by atoms with E-state index in [0.29, 0.717) is 41.5 Å². The fraction of sp³-hybridized carbons (Fsp3) is 0.458. The molecule has 0 atom stereocenters. The summed E-state index contributed by atoms with van der Waals surface area (Å²) >= 11 is 1.52. The van der Waals surface area contributed by atoms with E-state index in [2.05, 4.69) is 20.1 Å². The summed E-state index contributed by atoms with van der Waals surface area (Å²) in [7, 11) is -2.01. The van der Waals surface area contributed by atoms with Gasteiger partial charge in [-0.25, -0.2) is 28.4 Å². The van der Waals surface area contributed by atoms with Crippen molar-refractivity contribution < 1.29 is 17.9 Å². The first kappa shape index (κ1) is 25.6. The summed E-state index contributed by atoms with van der Waals surface area (Å²) in [5.74, 6) is 0.534. The molecule has 13 heteroatoms. The number of nitrogen functional groups attached to an aromatic ring is 1. The molecule has 4 aromatic heterocycles. The maximum atomic E-state index is 12.8. The van der Waals surface area contributed by atoms with Gasteiger partial charge in [0.15, 0.2) is 26.3 Å². The van der Waals surface area contributed by atoms with Gasteiger partial charge in [0.1, 0.15) is 10.7 Å².